The fraction of sp³-hybridized carbons (Fsp3) is 0.278. The largest absolute Gasteiger partial charge is 0.495 e. The Hall–Kier alpha value is -2.59. The summed E-state index contributed by atoms with van der Waals surface area (Å²) in [6.07, 6.45) is 0. The normalized spacial score (nSPS) is 18.9. The maximum absolute atomic E-state index is 12.7. The highest BCUT2D eigenvalue weighted by atomic mass is 32.2. The Bertz CT molecular complexity index is 1130. The third-order valence-electron chi connectivity index (χ3n) is 4.34. The topological polar surface area (TPSA) is 110 Å². The molecule has 1 heterocycles. The van der Waals surface area contributed by atoms with Crippen molar-refractivity contribution >= 4 is 37.3 Å². The number of nitrogens with zero attached hydrogens (tertiary/aromatic N) is 1. The summed E-state index contributed by atoms with van der Waals surface area (Å²) >= 11 is 0. The van der Waals surface area contributed by atoms with Gasteiger partial charge in [0.2, 0.25) is 15.9 Å². The van der Waals surface area contributed by atoms with Crippen LogP contribution in [0.1, 0.15) is 12.5 Å². The molecule has 1 aliphatic heterocycles. The van der Waals surface area contributed by atoms with E-state index in [9.17, 15) is 21.6 Å². The van der Waals surface area contributed by atoms with Gasteiger partial charge in [0, 0.05) is 0 Å². The van der Waals surface area contributed by atoms with E-state index in [0.29, 0.717) is 5.75 Å². The molecule has 10 heteroatoms. The lowest BCUT2D eigenvalue weighted by Gasteiger charge is -2.16. The number of ether oxygens (including phenoxy) is 1. The number of aryl methyl sites for hydroxylation is 1. The second-order valence-corrected chi connectivity index (χ2v) is 10.1. The highest BCUT2D eigenvalue weighted by molar-refractivity contribution is 7.94. The maximum Gasteiger partial charge on any atom is 0.262 e. The van der Waals surface area contributed by atoms with Crippen LogP contribution in [0.15, 0.2) is 47.4 Å². The first-order valence-corrected chi connectivity index (χ1v) is 11.5. The predicted octanol–water partition coefficient (Wildman–Crippen LogP) is 2.12. The molecule has 1 unspecified atom stereocenters. The van der Waals surface area contributed by atoms with Crippen molar-refractivity contribution in [3.05, 3.63) is 48.0 Å². The number of benzene rings is 2. The average Bonchev–Trinajstić information content (AvgIpc) is 2.82. The molecule has 1 N–H and O–H groups in total. The second-order valence-electron chi connectivity index (χ2n) is 6.59. The van der Waals surface area contributed by atoms with Crippen molar-refractivity contribution < 1.29 is 26.4 Å². The standard InChI is InChI=1S/C18H20N2O6S2/c1-12-4-9-17(26-3)16(10-12)19-28(24,25)15-7-5-14(6-8-15)20-18(21)13(2)11-27(20,22)23/h4-10,13,19H,11H2,1-3H3. The first-order chi connectivity index (χ1) is 13.0. The van der Waals surface area contributed by atoms with Gasteiger partial charge in [0.1, 0.15) is 5.75 Å². The van der Waals surface area contributed by atoms with Crippen LogP contribution < -0.4 is 13.8 Å². The van der Waals surface area contributed by atoms with Gasteiger partial charge in [-0.25, -0.2) is 21.1 Å². The molecule has 0 radical (unpaired) electrons. The minimum Gasteiger partial charge on any atom is -0.495 e. The fourth-order valence-corrected chi connectivity index (χ4v) is 5.83. The van der Waals surface area contributed by atoms with E-state index in [1.807, 2.05) is 6.92 Å². The molecule has 150 valence electrons. The molecule has 1 saturated heterocycles. The smallest absolute Gasteiger partial charge is 0.262 e. The van der Waals surface area contributed by atoms with Gasteiger partial charge in [-0.3, -0.25) is 9.52 Å². The van der Waals surface area contributed by atoms with Gasteiger partial charge >= 0.3 is 0 Å². The van der Waals surface area contributed by atoms with E-state index in [2.05, 4.69) is 4.72 Å². The fourth-order valence-electron chi connectivity index (χ4n) is 2.95. The van der Waals surface area contributed by atoms with Crippen molar-refractivity contribution in [1.82, 2.24) is 0 Å². The Labute approximate surface area is 164 Å². The zero-order valence-electron chi connectivity index (χ0n) is 15.5. The van der Waals surface area contributed by atoms with Gasteiger partial charge < -0.3 is 4.74 Å². The van der Waals surface area contributed by atoms with Crippen LogP contribution in [0.2, 0.25) is 0 Å². The van der Waals surface area contributed by atoms with Gasteiger partial charge in [-0.2, -0.15) is 0 Å². The van der Waals surface area contributed by atoms with Crippen LogP contribution in [-0.4, -0.2) is 35.6 Å². The third kappa shape index (κ3) is 3.69. The first kappa shape index (κ1) is 20.2. The monoisotopic (exact) mass is 424 g/mol. The van der Waals surface area contributed by atoms with Crippen LogP contribution in [0.4, 0.5) is 11.4 Å². The highest BCUT2D eigenvalue weighted by Gasteiger charge is 2.41. The molecule has 0 aromatic heterocycles. The van der Waals surface area contributed by atoms with Gasteiger partial charge in [-0.1, -0.05) is 13.0 Å². The van der Waals surface area contributed by atoms with Crippen molar-refractivity contribution in [1.29, 1.82) is 0 Å². The summed E-state index contributed by atoms with van der Waals surface area (Å²) in [5.41, 5.74) is 1.25. The van der Waals surface area contributed by atoms with Gasteiger partial charge in [0.05, 0.1) is 35.1 Å². The Kier molecular flexibility index (Phi) is 5.11. The second kappa shape index (κ2) is 7.10. The molecule has 1 atom stereocenters. The number of anilines is 2. The molecule has 0 spiro atoms. The lowest BCUT2D eigenvalue weighted by Crippen LogP contribution is -2.30. The van der Waals surface area contributed by atoms with Crippen LogP contribution in [-0.2, 0) is 24.8 Å². The molecule has 3 rings (SSSR count). The molecular formula is C18H20N2O6S2. The summed E-state index contributed by atoms with van der Waals surface area (Å²) in [5.74, 6) is -1.06. The Balaban J connectivity index is 1.91. The zero-order chi connectivity index (χ0) is 20.7. The highest BCUT2D eigenvalue weighted by Crippen LogP contribution is 2.31. The summed E-state index contributed by atoms with van der Waals surface area (Å²) in [6.45, 7) is 3.36. The van der Waals surface area contributed by atoms with Crippen LogP contribution in [0.25, 0.3) is 0 Å². The molecule has 1 amide bonds. The molecule has 2 aromatic rings. The Morgan fingerprint density at radius 1 is 1.14 bits per heavy atom. The van der Waals surface area contributed by atoms with Gasteiger partial charge in [0.25, 0.3) is 10.0 Å². The number of carbonyl (C=O) groups excluding carboxylic acids is 1. The van der Waals surface area contributed by atoms with Crippen LogP contribution in [0, 0.1) is 12.8 Å². The van der Waals surface area contributed by atoms with Crippen molar-refractivity contribution in [3.63, 3.8) is 0 Å². The van der Waals surface area contributed by atoms with Crippen molar-refractivity contribution in [2.45, 2.75) is 18.7 Å². The number of nitrogens with one attached hydrogen (secondary N) is 1. The summed E-state index contributed by atoms with van der Waals surface area (Å²) in [7, 11) is -6.25. The lowest BCUT2D eigenvalue weighted by atomic mass is 10.2. The molecule has 1 aliphatic rings. The molecule has 1 fully saturated rings. The van der Waals surface area contributed by atoms with E-state index in [0.717, 1.165) is 9.87 Å². The first-order valence-electron chi connectivity index (χ1n) is 8.39. The van der Waals surface area contributed by atoms with Gasteiger partial charge in [-0.05, 0) is 48.9 Å². The minimum absolute atomic E-state index is 0.0723. The molecular weight excluding hydrogens is 404 g/mol. The molecule has 2 aromatic carbocycles. The Morgan fingerprint density at radius 2 is 1.79 bits per heavy atom. The van der Waals surface area contributed by atoms with E-state index in [1.165, 1.54) is 38.3 Å². The predicted molar refractivity (Wildman–Crippen MR) is 105 cm³/mol. The maximum atomic E-state index is 12.7. The SMILES string of the molecule is COc1ccc(C)cc1NS(=O)(=O)c1ccc(N2C(=O)C(C)CS2(=O)=O)cc1. The van der Waals surface area contributed by atoms with Crippen molar-refractivity contribution in [2.24, 2.45) is 5.92 Å². The summed E-state index contributed by atoms with van der Waals surface area (Å²) < 4.78 is 58.1. The van der Waals surface area contributed by atoms with E-state index >= 15 is 0 Å². The molecule has 0 saturated carbocycles. The molecule has 0 bridgehead atoms. The average molecular weight is 425 g/mol. The van der Waals surface area contributed by atoms with E-state index < -0.39 is 31.9 Å². The number of rotatable bonds is 5. The molecule has 0 aliphatic carbocycles. The number of amides is 1. The number of hydrogen-bond acceptors (Lipinski definition) is 6. The molecule has 8 nitrogen and oxygen atoms in total. The summed E-state index contributed by atoms with van der Waals surface area (Å²) in [6, 6.07) is 10.2. The number of hydrogen-bond donors (Lipinski definition) is 1. The quantitative estimate of drug-likeness (QED) is 0.787. The van der Waals surface area contributed by atoms with Gasteiger partial charge in [-0.15, -0.1) is 0 Å². The van der Waals surface area contributed by atoms with Crippen LogP contribution in [0.5, 0.6) is 5.75 Å². The van der Waals surface area contributed by atoms with E-state index in [1.54, 1.807) is 18.2 Å². The lowest BCUT2D eigenvalue weighted by molar-refractivity contribution is -0.119. The number of carbonyl (C=O) groups is 1. The minimum atomic E-state index is -3.94. The van der Waals surface area contributed by atoms with Crippen molar-refractivity contribution in [3.8, 4) is 5.75 Å². The van der Waals surface area contributed by atoms with Crippen LogP contribution >= 0.6 is 0 Å². The van der Waals surface area contributed by atoms with Crippen LogP contribution in [0.3, 0.4) is 0 Å². The number of sulfonamides is 2. The third-order valence-corrected chi connectivity index (χ3v) is 7.59. The van der Waals surface area contributed by atoms with Gasteiger partial charge in [0.15, 0.2) is 0 Å². The van der Waals surface area contributed by atoms with Crippen molar-refractivity contribution in [2.75, 3.05) is 21.9 Å². The number of methoxy groups -OCH3 is 1. The zero-order valence-corrected chi connectivity index (χ0v) is 17.2. The molecule has 28 heavy (non-hydrogen) atoms. The summed E-state index contributed by atoms with van der Waals surface area (Å²) in [4.78, 5) is 12.1. The Morgan fingerprint density at radius 3 is 2.32 bits per heavy atom. The summed E-state index contributed by atoms with van der Waals surface area (Å²) in [5, 5.41) is 0. The van der Waals surface area contributed by atoms with E-state index in [4.69, 9.17) is 4.74 Å². The van der Waals surface area contributed by atoms with E-state index in [-0.39, 0.29) is 22.0 Å².